The van der Waals surface area contributed by atoms with E-state index in [1.54, 1.807) is 24.4 Å². The van der Waals surface area contributed by atoms with Crippen molar-refractivity contribution in [2.24, 2.45) is 5.73 Å². The van der Waals surface area contributed by atoms with Crippen LogP contribution >= 0.6 is 11.6 Å². The molecule has 37 heavy (non-hydrogen) atoms. The van der Waals surface area contributed by atoms with Crippen LogP contribution in [-0.4, -0.2) is 21.4 Å². The van der Waals surface area contributed by atoms with E-state index in [1.807, 2.05) is 60.7 Å². The Morgan fingerprint density at radius 1 is 0.946 bits per heavy atom. The molecule has 0 spiro atoms. The summed E-state index contributed by atoms with van der Waals surface area (Å²) in [5.74, 6) is -0.738. The van der Waals surface area contributed by atoms with Gasteiger partial charge in [0.2, 0.25) is 11.9 Å². The second-order valence-electron chi connectivity index (χ2n) is 9.87. The number of benzene rings is 4. The number of carbonyl (C=O) groups is 1. The number of imidazole rings is 1. The van der Waals surface area contributed by atoms with Crippen molar-refractivity contribution >= 4 is 34.2 Å². The second-order valence-corrected chi connectivity index (χ2v) is 10.5. The van der Waals surface area contributed by atoms with Gasteiger partial charge in [0.25, 0.3) is 0 Å². The van der Waals surface area contributed by atoms with Crippen LogP contribution in [0.25, 0.3) is 22.0 Å². The van der Waals surface area contributed by atoms with Gasteiger partial charge in [-0.2, -0.15) is 0 Å². The number of amides is 1. The SMILES string of the molecule is NC1(C(=O)Nc2ncc(-c3ccc(F)c4ccccc34)[nH]2)CC2(Cl)c3ccccc3C1c1ccccc12. The zero-order valence-corrected chi connectivity index (χ0v) is 20.4. The Hall–Kier alpha value is -4.00. The minimum Gasteiger partial charge on any atom is -0.324 e. The highest BCUT2D eigenvalue weighted by Gasteiger charge is 2.60. The van der Waals surface area contributed by atoms with Gasteiger partial charge in [0, 0.05) is 23.3 Å². The van der Waals surface area contributed by atoms with Gasteiger partial charge >= 0.3 is 0 Å². The summed E-state index contributed by atoms with van der Waals surface area (Å²) in [6.45, 7) is 0. The molecule has 0 aliphatic heterocycles. The first-order chi connectivity index (χ1) is 17.9. The molecule has 0 saturated heterocycles. The molecule has 4 N–H and O–H groups in total. The number of nitrogens with one attached hydrogen (secondary N) is 2. The molecular formula is C30H22ClFN4O. The van der Waals surface area contributed by atoms with Gasteiger partial charge in [-0.25, -0.2) is 9.37 Å². The number of rotatable bonds is 3. The Morgan fingerprint density at radius 2 is 1.57 bits per heavy atom. The third-order valence-corrected chi connectivity index (χ3v) is 8.38. The van der Waals surface area contributed by atoms with Gasteiger partial charge in [-0.05, 0) is 39.8 Å². The summed E-state index contributed by atoms with van der Waals surface area (Å²) in [7, 11) is 0. The Bertz CT molecular complexity index is 1680. The van der Waals surface area contributed by atoms with Crippen LogP contribution in [0.2, 0.25) is 0 Å². The van der Waals surface area contributed by atoms with Crippen molar-refractivity contribution < 1.29 is 9.18 Å². The largest absolute Gasteiger partial charge is 0.324 e. The number of aromatic amines is 1. The van der Waals surface area contributed by atoms with Crippen molar-refractivity contribution in [2.75, 3.05) is 5.32 Å². The van der Waals surface area contributed by atoms with E-state index in [-0.39, 0.29) is 30.0 Å². The molecule has 1 amide bonds. The molecule has 4 aromatic carbocycles. The van der Waals surface area contributed by atoms with Crippen LogP contribution in [0.15, 0.2) is 91.1 Å². The molecule has 8 rings (SSSR count). The zero-order valence-electron chi connectivity index (χ0n) is 19.6. The van der Waals surface area contributed by atoms with Crippen LogP contribution < -0.4 is 11.1 Å². The highest BCUT2D eigenvalue weighted by atomic mass is 35.5. The van der Waals surface area contributed by atoms with Crippen LogP contribution in [0.1, 0.15) is 34.6 Å². The molecular weight excluding hydrogens is 487 g/mol. The lowest BCUT2D eigenvalue weighted by atomic mass is 9.55. The summed E-state index contributed by atoms with van der Waals surface area (Å²) < 4.78 is 14.3. The first kappa shape index (κ1) is 22.2. The maximum Gasteiger partial charge on any atom is 0.247 e. The molecule has 3 aliphatic carbocycles. The van der Waals surface area contributed by atoms with Gasteiger partial charge < -0.3 is 10.7 Å². The fraction of sp³-hybridized carbons (Fsp3) is 0.133. The molecule has 182 valence electrons. The van der Waals surface area contributed by atoms with Crippen molar-refractivity contribution in [3.8, 4) is 11.3 Å². The van der Waals surface area contributed by atoms with E-state index < -0.39 is 10.4 Å². The molecule has 5 nitrogen and oxygen atoms in total. The number of hydrogen-bond acceptors (Lipinski definition) is 3. The minimum absolute atomic E-state index is 0.252. The Kier molecular flexibility index (Phi) is 4.65. The molecule has 1 unspecified atom stereocenters. The fourth-order valence-electron chi connectivity index (χ4n) is 6.24. The number of alkyl halides is 1. The number of fused-ring (bicyclic) bond motifs is 2. The normalized spacial score (nSPS) is 23.5. The number of H-pyrrole nitrogens is 1. The number of nitrogens with two attached hydrogens (primary N) is 1. The molecule has 2 bridgehead atoms. The van der Waals surface area contributed by atoms with Gasteiger partial charge in [0.1, 0.15) is 11.4 Å². The maximum atomic E-state index is 14.3. The third-order valence-electron chi connectivity index (χ3n) is 7.84. The zero-order chi connectivity index (χ0) is 25.4. The second kappa shape index (κ2) is 7.75. The minimum atomic E-state index is -1.29. The van der Waals surface area contributed by atoms with Crippen molar-refractivity contribution in [3.63, 3.8) is 0 Å². The molecule has 1 aromatic heterocycles. The van der Waals surface area contributed by atoms with Crippen molar-refractivity contribution in [1.29, 1.82) is 0 Å². The molecule has 7 heteroatoms. The fourth-order valence-corrected chi connectivity index (χ4v) is 6.80. The predicted molar refractivity (Wildman–Crippen MR) is 143 cm³/mol. The van der Waals surface area contributed by atoms with E-state index in [2.05, 4.69) is 15.3 Å². The topological polar surface area (TPSA) is 83.8 Å². The summed E-state index contributed by atoms with van der Waals surface area (Å²) in [5.41, 5.74) is 11.1. The number of nitrogens with zero attached hydrogens (tertiary/aromatic N) is 1. The average molecular weight is 509 g/mol. The molecule has 3 aliphatic rings. The number of aromatic nitrogens is 2. The summed E-state index contributed by atoms with van der Waals surface area (Å²) in [6, 6.07) is 26.3. The summed E-state index contributed by atoms with van der Waals surface area (Å²) in [4.78, 5) is 20.5. The molecule has 1 heterocycles. The summed E-state index contributed by atoms with van der Waals surface area (Å²) >= 11 is 7.33. The standard InChI is InChI=1S/C30H22ClFN4O/c31-29-16-30(33,26(20-9-3-5-11-22(20)29)21-10-4-6-12-23(21)29)27(37)36-28-34-15-25(35-28)19-13-14-24(32)18-8-2-1-7-17(18)19/h1-15,26H,16,33H2,(H2,34,35,36,37). The van der Waals surface area contributed by atoms with Crippen LogP contribution in [0.3, 0.4) is 0 Å². The van der Waals surface area contributed by atoms with Crippen LogP contribution in [0, 0.1) is 5.82 Å². The number of halogens is 2. The van der Waals surface area contributed by atoms with E-state index in [9.17, 15) is 9.18 Å². The molecule has 0 saturated carbocycles. The first-order valence-corrected chi connectivity index (χ1v) is 12.5. The van der Waals surface area contributed by atoms with Crippen molar-refractivity contribution in [3.05, 3.63) is 119 Å². The Balaban J connectivity index is 1.26. The summed E-state index contributed by atoms with van der Waals surface area (Å²) in [5, 5.41) is 4.17. The van der Waals surface area contributed by atoms with E-state index in [4.69, 9.17) is 17.3 Å². The first-order valence-electron chi connectivity index (χ1n) is 12.1. The van der Waals surface area contributed by atoms with E-state index in [1.165, 1.54) is 6.07 Å². The van der Waals surface area contributed by atoms with Gasteiger partial charge in [-0.15, -0.1) is 11.6 Å². The molecule has 5 aromatic rings. The lowest BCUT2D eigenvalue weighted by Crippen LogP contribution is -2.64. The number of hydrogen-bond donors (Lipinski definition) is 3. The van der Waals surface area contributed by atoms with Gasteiger partial charge in [-0.1, -0.05) is 72.8 Å². The average Bonchev–Trinajstić information content (AvgIpc) is 3.37. The molecule has 0 fully saturated rings. The van der Waals surface area contributed by atoms with Crippen LogP contribution in [0.5, 0.6) is 0 Å². The molecule has 1 atom stereocenters. The van der Waals surface area contributed by atoms with E-state index >= 15 is 0 Å². The predicted octanol–water partition coefficient (Wildman–Crippen LogP) is 6.04. The van der Waals surface area contributed by atoms with Gasteiger partial charge in [-0.3, -0.25) is 10.1 Å². The lowest BCUT2D eigenvalue weighted by molar-refractivity contribution is -0.122. The van der Waals surface area contributed by atoms with E-state index in [0.717, 1.165) is 33.2 Å². The number of carbonyl (C=O) groups excluding carboxylic acids is 1. The Morgan fingerprint density at radius 3 is 2.27 bits per heavy atom. The van der Waals surface area contributed by atoms with Gasteiger partial charge in [0.15, 0.2) is 0 Å². The Labute approximate surface area is 217 Å². The van der Waals surface area contributed by atoms with Crippen molar-refractivity contribution in [2.45, 2.75) is 22.8 Å². The third kappa shape index (κ3) is 3.06. The van der Waals surface area contributed by atoms with Crippen LogP contribution in [-0.2, 0) is 9.67 Å². The quantitative estimate of drug-likeness (QED) is 0.260. The monoisotopic (exact) mass is 508 g/mol. The smallest absolute Gasteiger partial charge is 0.247 e. The number of anilines is 1. The van der Waals surface area contributed by atoms with Gasteiger partial charge in [0.05, 0.1) is 16.8 Å². The van der Waals surface area contributed by atoms with E-state index in [0.29, 0.717) is 11.1 Å². The van der Waals surface area contributed by atoms with Crippen LogP contribution in [0.4, 0.5) is 10.3 Å². The highest BCUT2D eigenvalue weighted by Crippen LogP contribution is 2.61. The van der Waals surface area contributed by atoms with Crippen molar-refractivity contribution in [1.82, 2.24) is 9.97 Å². The molecule has 0 radical (unpaired) electrons. The maximum absolute atomic E-state index is 14.3. The summed E-state index contributed by atoms with van der Waals surface area (Å²) in [6.07, 6.45) is 1.88. The highest BCUT2D eigenvalue weighted by molar-refractivity contribution is 6.27. The lowest BCUT2D eigenvalue weighted by Gasteiger charge is -2.54.